The van der Waals surface area contributed by atoms with E-state index in [1.807, 2.05) is 42.3 Å². The Hall–Kier alpha value is -3.05. The van der Waals surface area contributed by atoms with E-state index in [0.717, 1.165) is 16.0 Å². The SMILES string of the molecule is CN(Cc1cc2c(=O)c(C(=O)NCc3ccc(Cl)cc3)cn(CC(O)CO)c2s1)C[C@@H](O)c1ccccc1. The second kappa shape index (κ2) is 12.7. The Morgan fingerprint density at radius 1 is 1.13 bits per heavy atom. The summed E-state index contributed by atoms with van der Waals surface area (Å²) in [6, 6.07) is 18.2. The number of hydrogen-bond acceptors (Lipinski definition) is 7. The van der Waals surface area contributed by atoms with Gasteiger partial charge in [0, 0.05) is 35.7 Å². The van der Waals surface area contributed by atoms with E-state index in [2.05, 4.69) is 5.32 Å². The minimum atomic E-state index is -1.06. The highest BCUT2D eigenvalue weighted by atomic mass is 35.5. The molecule has 0 saturated heterocycles. The molecular formula is C28H30ClN3O5S. The summed E-state index contributed by atoms with van der Waals surface area (Å²) >= 11 is 7.30. The van der Waals surface area contributed by atoms with Gasteiger partial charge in [0.25, 0.3) is 5.91 Å². The molecule has 0 fully saturated rings. The first kappa shape index (κ1) is 28.0. The molecule has 4 rings (SSSR count). The molecule has 8 nitrogen and oxygen atoms in total. The molecule has 10 heteroatoms. The van der Waals surface area contributed by atoms with E-state index in [-0.39, 0.29) is 18.7 Å². The molecule has 2 heterocycles. The molecule has 4 N–H and O–H groups in total. The summed E-state index contributed by atoms with van der Waals surface area (Å²) in [5.41, 5.74) is 1.20. The average molecular weight is 556 g/mol. The first-order chi connectivity index (χ1) is 18.2. The molecule has 0 spiro atoms. The highest BCUT2D eigenvalue weighted by Gasteiger charge is 2.20. The van der Waals surface area contributed by atoms with Crippen LogP contribution in [0.4, 0.5) is 0 Å². The maximum atomic E-state index is 13.3. The number of benzene rings is 2. The van der Waals surface area contributed by atoms with Gasteiger partial charge in [0.1, 0.15) is 10.4 Å². The minimum Gasteiger partial charge on any atom is -0.394 e. The number of hydrogen-bond donors (Lipinski definition) is 4. The Kier molecular flexibility index (Phi) is 9.32. The highest BCUT2D eigenvalue weighted by Crippen LogP contribution is 2.26. The molecule has 200 valence electrons. The number of pyridine rings is 1. The number of thiophene rings is 1. The van der Waals surface area contributed by atoms with Gasteiger partial charge in [-0.15, -0.1) is 11.3 Å². The third kappa shape index (κ3) is 6.87. The molecule has 1 unspecified atom stereocenters. The Balaban J connectivity index is 1.58. The lowest BCUT2D eigenvalue weighted by atomic mass is 10.1. The second-order valence-corrected chi connectivity index (χ2v) is 10.8. The van der Waals surface area contributed by atoms with E-state index in [1.54, 1.807) is 34.9 Å². The predicted octanol–water partition coefficient (Wildman–Crippen LogP) is 3.17. The summed E-state index contributed by atoms with van der Waals surface area (Å²) in [6.07, 6.45) is -0.282. The molecule has 2 atom stereocenters. The van der Waals surface area contributed by atoms with Gasteiger partial charge in [0.15, 0.2) is 0 Å². The number of amides is 1. The van der Waals surface area contributed by atoms with Crippen LogP contribution >= 0.6 is 22.9 Å². The third-order valence-corrected chi connectivity index (χ3v) is 7.53. The lowest BCUT2D eigenvalue weighted by molar-refractivity contribution is 0.0819. The van der Waals surface area contributed by atoms with Gasteiger partial charge in [-0.05, 0) is 36.4 Å². The number of aromatic nitrogens is 1. The van der Waals surface area contributed by atoms with Crippen LogP contribution in [0, 0.1) is 0 Å². The molecule has 4 aromatic rings. The molecule has 1 amide bonds. The van der Waals surface area contributed by atoms with Crippen molar-refractivity contribution in [2.75, 3.05) is 20.2 Å². The van der Waals surface area contributed by atoms with E-state index in [9.17, 15) is 24.9 Å². The van der Waals surface area contributed by atoms with Crippen molar-refractivity contribution in [2.24, 2.45) is 0 Å². The van der Waals surface area contributed by atoms with Gasteiger partial charge in [0.05, 0.1) is 30.7 Å². The van der Waals surface area contributed by atoms with Crippen molar-refractivity contribution in [3.8, 4) is 0 Å². The van der Waals surface area contributed by atoms with Crippen molar-refractivity contribution >= 4 is 39.1 Å². The van der Waals surface area contributed by atoms with Gasteiger partial charge in [-0.3, -0.25) is 14.5 Å². The van der Waals surface area contributed by atoms with Crippen LogP contribution in [0.15, 0.2) is 71.7 Å². The number of halogens is 1. The number of aliphatic hydroxyl groups excluding tert-OH is 3. The fourth-order valence-electron chi connectivity index (χ4n) is 4.17. The summed E-state index contributed by atoms with van der Waals surface area (Å²) in [6.45, 7) is 0.654. The quantitative estimate of drug-likeness (QED) is 0.226. The van der Waals surface area contributed by atoms with Gasteiger partial charge in [-0.1, -0.05) is 54.1 Å². The summed E-state index contributed by atoms with van der Waals surface area (Å²) in [7, 11) is 1.88. The molecule has 0 radical (unpaired) electrons. The van der Waals surface area contributed by atoms with Gasteiger partial charge in [0.2, 0.25) is 5.43 Å². The number of nitrogens with one attached hydrogen (secondary N) is 1. The number of carbonyl (C=O) groups is 1. The van der Waals surface area contributed by atoms with Gasteiger partial charge < -0.3 is 25.2 Å². The summed E-state index contributed by atoms with van der Waals surface area (Å²) in [5, 5.41) is 33.8. The maximum absolute atomic E-state index is 13.3. The van der Waals surface area contributed by atoms with Crippen LogP contribution in [0.1, 0.15) is 32.5 Å². The maximum Gasteiger partial charge on any atom is 0.257 e. The normalized spacial score (nSPS) is 13.1. The average Bonchev–Trinajstić information content (AvgIpc) is 3.34. The highest BCUT2D eigenvalue weighted by molar-refractivity contribution is 7.18. The van der Waals surface area contributed by atoms with Crippen molar-refractivity contribution < 1.29 is 20.1 Å². The summed E-state index contributed by atoms with van der Waals surface area (Å²) in [5.74, 6) is -0.532. The molecule has 0 saturated carbocycles. The van der Waals surface area contributed by atoms with Gasteiger partial charge in [-0.25, -0.2) is 0 Å². The van der Waals surface area contributed by atoms with Crippen molar-refractivity contribution in [1.29, 1.82) is 0 Å². The van der Waals surface area contributed by atoms with Crippen LogP contribution in [-0.2, 0) is 19.6 Å². The molecule has 2 aromatic heterocycles. The number of nitrogens with zero attached hydrogens (tertiary/aromatic N) is 2. The lowest BCUT2D eigenvalue weighted by Gasteiger charge is -2.20. The first-order valence-electron chi connectivity index (χ1n) is 12.1. The third-order valence-electron chi connectivity index (χ3n) is 6.12. The molecule has 0 bridgehead atoms. The zero-order valence-electron chi connectivity index (χ0n) is 20.9. The van der Waals surface area contributed by atoms with Crippen LogP contribution in [-0.4, -0.2) is 57.0 Å². The zero-order valence-corrected chi connectivity index (χ0v) is 22.5. The fourth-order valence-corrected chi connectivity index (χ4v) is 5.51. The van der Waals surface area contributed by atoms with Gasteiger partial charge >= 0.3 is 0 Å². The number of aliphatic hydroxyl groups is 3. The smallest absolute Gasteiger partial charge is 0.257 e. The molecule has 38 heavy (non-hydrogen) atoms. The number of carbonyl (C=O) groups excluding carboxylic acids is 1. The Bertz CT molecular complexity index is 1440. The van der Waals surface area contributed by atoms with E-state index >= 15 is 0 Å². The Labute approximate surface area is 229 Å². The standard InChI is InChI=1S/C28H30ClN3O5S/c1-31(16-25(35)19-5-3-2-4-6-19)14-22-11-23-26(36)24(15-32(28(23)38-22)13-21(34)17-33)27(37)30-12-18-7-9-20(29)10-8-18/h2-11,15,21,25,33-35H,12-14,16-17H2,1H3,(H,30,37)/t21?,25-/m1/s1. The zero-order chi connectivity index (χ0) is 27.2. The van der Waals surface area contributed by atoms with E-state index < -0.39 is 30.2 Å². The minimum absolute atomic E-state index is 0.0211. The fraction of sp³-hybridized carbons (Fsp3) is 0.286. The largest absolute Gasteiger partial charge is 0.394 e. The first-order valence-corrected chi connectivity index (χ1v) is 13.3. The number of likely N-dealkylation sites (N-methyl/N-ethyl adjacent to an activating group) is 1. The van der Waals surface area contributed by atoms with Crippen molar-refractivity contribution in [2.45, 2.75) is 31.8 Å². The van der Waals surface area contributed by atoms with Crippen LogP contribution < -0.4 is 10.7 Å². The molecular weight excluding hydrogens is 526 g/mol. The Morgan fingerprint density at radius 2 is 1.84 bits per heavy atom. The number of fused-ring (bicyclic) bond motifs is 1. The van der Waals surface area contributed by atoms with Crippen molar-refractivity contribution in [1.82, 2.24) is 14.8 Å². The van der Waals surface area contributed by atoms with E-state index in [1.165, 1.54) is 17.5 Å². The van der Waals surface area contributed by atoms with E-state index in [0.29, 0.717) is 28.3 Å². The predicted molar refractivity (Wildman–Crippen MR) is 150 cm³/mol. The van der Waals surface area contributed by atoms with Crippen molar-refractivity contribution in [3.05, 3.63) is 104 Å². The Morgan fingerprint density at radius 3 is 2.53 bits per heavy atom. The second-order valence-electron chi connectivity index (χ2n) is 9.22. The van der Waals surface area contributed by atoms with Crippen LogP contribution in [0.5, 0.6) is 0 Å². The van der Waals surface area contributed by atoms with E-state index in [4.69, 9.17) is 11.6 Å². The molecule has 0 aliphatic carbocycles. The number of rotatable bonds is 11. The molecule has 0 aliphatic rings. The lowest BCUT2D eigenvalue weighted by Crippen LogP contribution is -2.30. The van der Waals surface area contributed by atoms with Crippen LogP contribution in [0.3, 0.4) is 0 Å². The van der Waals surface area contributed by atoms with Crippen molar-refractivity contribution in [3.63, 3.8) is 0 Å². The molecule has 0 aliphatic heterocycles. The monoisotopic (exact) mass is 555 g/mol. The summed E-state index contributed by atoms with van der Waals surface area (Å²) < 4.78 is 1.64. The topological polar surface area (TPSA) is 115 Å². The molecule has 2 aromatic carbocycles. The van der Waals surface area contributed by atoms with Crippen LogP contribution in [0.2, 0.25) is 5.02 Å². The van der Waals surface area contributed by atoms with Crippen LogP contribution in [0.25, 0.3) is 10.2 Å². The summed E-state index contributed by atoms with van der Waals surface area (Å²) in [4.78, 5) is 29.8. The van der Waals surface area contributed by atoms with Gasteiger partial charge in [-0.2, -0.15) is 0 Å².